The largest absolute Gasteiger partial charge is 1.00 e. The fourth-order valence-corrected chi connectivity index (χ4v) is 2.50. The summed E-state index contributed by atoms with van der Waals surface area (Å²) in [7, 11) is -10.3. The molecule has 0 radical (unpaired) electrons. The predicted molar refractivity (Wildman–Crippen MR) is 103 cm³/mol. The van der Waals surface area contributed by atoms with Crippen molar-refractivity contribution in [1.29, 1.82) is 0 Å². The molecule has 2 aromatic carbocycles. The average molecular weight is 502 g/mol. The number of urea groups is 1. The third kappa shape index (κ3) is 10.3. The molecule has 0 aromatic heterocycles. The summed E-state index contributed by atoms with van der Waals surface area (Å²) in [5.74, 6) is 0. The zero-order chi connectivity index (χ0) is 22.5. The van der Waals surface area contributed by atoms with Crippen molar-refractivity contribution in [3.63, 3.8) is 0 Å². The SMILES string of the molecule is O=C(Nc1ccc(NC(=O)P(=O)([O-])O)cc1)Nc1ccc(NC(=O)P(=O)([O-])O)cc1.[Na+].[Na+]. The Morgan fingerprint density at radius 3 is 1.03 bits per heavy atom. The number of rotatable bonds is 6. The Hall–Kier alpha value is -1.05. The number of amides is 4. The van der Waals surface area contributed by atoms with Crippen molar-refractivity contribution >= 4 is 55.3 Å². The summed E-state index contributed by atoms with van der Waals surface area (Å²) in [5, 5.41) is 8.83. The van der Waals surface area contributed by atoms with E-state index in [1.54, 1.807) is 0 Å². The van der Waals surface area contributed by atoms with Crippen LogP contribution in [0.3, 0.4) is 0 Å². The first kappa shape index (κ1) is 30.9. The summed E-state index contributed by atoms with van der Waals surface area (Å²) >= 11 is 0. The third-order valence-electron chi connectivity index (χ3n) is 3.30. The van der Waals surface area contributed by atoms with Crippen LogP contribution in [-0.4, -0.2) is 27.1 Å². The van der Waals surface area contributed by atoms with Crippen molar-refractivity contribution in [2.45, 2.75) is 0 Å². The number of nitrogens with one attached hydrogen (secondary N) is 4. The van der Waals surface area contributed by atoms with Crippen molar-refractivity contribution in [1.82, 2.24) is 0 Å². The van der Waals surface area contributed by atoms with Gasteiger partial charge >= 0.3 is 65.1 Å². The van der Waals surface area contributed by atoms with Crippen molar-refractivity contribution < 1.29 is 102 Å². The van der Waals surface area contributed by atoms with E-state index < -0.39 is 32.5 Å². The smallest absolute Gasteiger partial charge is 0.772 e. The Kier molecular flexibility index (Phi) is 12.6. The van der Waals surface area contributed by atoms with Crippen LogP contribution in [0.5, 0.6) is 0 Å². The molecule has 160 valence electrons. The van der Waals surface area contributed by atoms with Crippen LogP contribution in [0.15, 0.2) is 48.5 Å². The number of hydrogen-bond donors (Lipinski definition) is 6. The molecule has 0 saturated heterocycles. The number of anilines is 4. The van der Waals surface area contributed by atoms with Crippen LogP contribution < -0.4 is 90.2 Å². The average Bonchev–Trinajstić information content (AvgIpc) is 2.63. The van der Waals surface area contributed by atoms with Gasteiger partial charge in [0.2, 0.25) is 15.2 Å². The monoisotopic (exact) mass is 502 g/mol. The zero-order valence-electron chi connectivity index (χ0n) is 16.8. The Labute approximate surface area is 225 Å². The maximum Gasteiger partial charge on any atom is 1.00 e. The molecule has 2 unspecified atom stereocenters. The van der Waals surface area contributed by atoms with Crippen LogP contribution in [0.25, 0.3) is 0 Å². The van der Waals surface area contributed by atoms with E-state index in [-0.39, 0.29) is 81.9 Å². The van der Waals surface area contributed by atoms with Gasteiger partial charge in [-0.05, 0) is 48.5 Å². The molecular formula is C15H14N4Na2O9P2. The van der Waals surface area contributed by atoms with Gasteiger partial charge in [-0.25, -0.2) is 4.79 Å². The molecule has 0 heterocycles. The van der Waals surface area contributed by atoms with E-state index in [4.69, 9.17) is 9.79 Å². The van der Waals surface area contributed by atoms with Crippen molar-refractivity contribution in [3.05, 3.63) is 48.5 Å². The molecule has 0 fully saturated rings. The van der Waals surface area contributed by atoms with Crippen LogP contribution in [0, 0.1) is 0 Å². The van der Waals surface area contributed by atoms with E-state index >= 15 is 0 Å². The molecule has 2 atom stereocenters. The van der Waals surface area contributed by atoms with Crippen LogP contribution in [0.4, 0.5) is 37.1 Å². The van der Waals surface area contributed by atoms with Gasteiger partial charge in [-0.15, -0.1) is 0 Å². The first-order valence-electron chi connectivity index (χ1n) is 7.83. The van der Waals surface area contributed by atoms with Crippen molar-refractivity contribution in [2.75, 3.05) is 21.3 Å². The molecule has 6 N–H and O–H groups in total. The van der Waals surface area contributed by atoms with Crippen LogP contribution in [-0.2, 0) is 9.13 Å². The summed E-state index contributed by atoms with van der Waals surface area (Å²) in [6, 6.07) is 9.92. The van der Waals surface area contributed by atoms with E-state index in [0.29, 0.717) is 0 Å². The molecule has 0 saturated carbocycles. The fourth-order valence-electron chi connectivity index (χ4n) is 1.96. The van der Waals surface area contributed by atoms with Gasteiger partial charge < -0.3 is 40.8 Å². The first-order valence-corrected chi connectivity index (χ1v) is 11.0. The minimum atomic E-state index is -5.16. The van der Waals surface area contributed by atoms with Gasteiger partial charge in [0.05, 0.1) is 0 Å². The Bertz CT molecular complexity index is 972. The summed E-state index contributed by atoms with van der Waals surface area (Å²) < 4.78 is 21.4. The molecule has 0 aliphatic carbocycles. The van der Waals surface area contributed by atoms with Gasteiger partial charge in [0.1, 0.15) is 0 Å². The molecule has 0 aliphatic rings. The molecule has 2 rings (SSSR count). The summed E-state index contributed by atoms with van der Waals surface area (Å²) in [6.07, 6.45) is 0. The molecule has 4 amide bonds. The van der Waals surface area contributed by atoms with E-state index in [1.165, 1.54) is 48.5 Å². The molecule has 2 aromatic rings. The van der Waals surface area contributed by atoms with E-state index in [0.717, 1.165) is 0 Å². The second-order valence-corrected chi connectivity index (χ2v) is 8.53. The van der Waals surface area contributed by atoms with Gasteiger partial charge in [-0.2, -0.15) is 0 Å². The third-order valence-corrected chi connectivity index (χ3v) is 4.55. The first-order chi connectivity index (χ1) is 13.8. The van der Waals surface area contributed by atoms with Gasteiger partial charge in [-0.3, -0.25) is 18.7 Å². The number of benzene rings is 2. The quantitative estimate of drug-likeness (QED) is 0.165. The maximum atomic E-state index is 12.0. The summed E-state index contributed by atoms with van der Waals surface area (Å²) in [6.45, 7) is 0. The van der Waals surface area contributed by atoms with Gasteiger partial charge in [0, 0.05) is 22.7 Å². The zero-order valence-corrected chi connectivity index (χ0v) is 22.6. The van der Waals surface area contributed by atoms with E-state index in [9.17, 15) is 33.3 Å². The van der Waals surface area contributed by atoms with Gasteiger partial charge in [0.15, 0.2) is 0 Å². The number of carbonyl (C=O) groups excluding carboxylic acids is 3. The van der Waals surface area contributed by atoms with Crippen molar-refractivity contribution in [2.24, 2.45) is 0 Å². The molecular weight excluding hydrogens is 488 g/mol. The Morgan fingerprint density at radius 1 is 0.594 bits per heavy atom. The van der Waals surface area contributed by atoms with E-state index in [1.807, 2.05) is 10.6 Å². The second kappa shape index (κ2) is 13.0. The number of carbonyl (C=O) groups is 3. The van der Waals surface area contributed by atoms with Crippen LogP contribution in [0.2, 0.25) is 0 Å². The van der Waals surface area contributed by atoms with Crippen LogP contribution >= 0.6 is 15.2 Å². The topological polar surface area (TPSA) is 220 Å². The maximum absolute atomic E-state index is 12.0. The molecule has 0 aliphatic heterocycles. The second-order valence-electron chi connectivity index (χ2n) is 5.63. The number of hydrogen-bond acceptors (Lipinski definition) is 7. The summed E-state index contributed by atoms with van der Waals surface area (Å²) in [5.41, 5.74) is -2.43. The predicted octanol–water partition coefficient (Wildman–Crippen LogP) is -4.51. The standard InChI is InChI=1S/C15H16N4O9P2.2Na/c20-13(16-9-1-5-11(6-2-9)18-14(21)29(23,24)25)17-10-3-7-12(8-4-10)19-15(22)30(26,27)28;;/h1-8H,(H,18,21)(H,19,22)(H2,16,17,20)(H2,23,24,25)(H2,26,27,28);;/q;2*+1/p-2. The molecule has 0 bridgehead atoms. The van der Waals surface area contributed by atoms with Crippen LogP contribution in [0.1, 0.15) is 0 Å². The molecule has 17 heteroatoms. The fraction of sp³-hybridized carbons (Fsp3) is 0. The normalized spacial score (nSPS) is 13.6. The molecule has 0 spiro atoms. The van der Waals surface area contributed by atoms with Crippen molar-refractivity contribution in [3.8, 4) is 0 Å². The minimum Gasteiger partial charge on any atom is -0.772 e. The summed E-state index contributed by atoms with van der Waals surface area (Å²) in [4.78, 5) is 72.9. The molecule has 13 nitrogen and oxygen atoms in total. The molecule has 32 heavy (non-hydrogen) atoms. The van der Waals surface area contributed by atoms with E-state index in [2.05, 4.69) is 10.6 Å². The van der Waals surface area contributed by atoms with Gasteiger partial charge in [0.25, 0.3) is 11.3 Å². The minimum absolute atomic E-state index is 0. The van der Waals surface area contributed by atoms with Gasteiger partial charge in [-0.1, -0.05) is 0 Å². The Balaban J connectivity index is 0.00000480. The Morgan fingerprint density at radius 2 is 0.812 bits per heavy atom.